The number of hydrogen-bond donors (Lipinski definition) is 0. The van der Waals surface area contributed by atoms with E-state index in [0.29, 0.717) is 11.3 Å². The highest BCUT2D eigenvalue weighted by Gasteiger charge is 2.30. The normalized spacial score (nSPS) is 11.9. The molecule has 0 bridgehead atoms. The molecular weight excluding hydrogens is 375 g/mol. The summed E-state index contributed by atoms with van der Waals surface area (Å²) in [5.74, 6) is 0. The van der Waals surface area contributed by atoms with E-state index < -0.39 is 17.4 Å². The third kappa shape index (κ3) is 4.11. The Kier molecular flexibility index (Phi) is 5.30. The highest BCUT2D eigenvalue weighted by Crippen LogP contribution is 2.29. The molecule has 7 nitrogen and oxygen atoms in total. The predicted octanol–water partition coefficient (Wildman–Crippen LogP) is 2.84. The number of aromatic nitrogens is 4. The molecule has 0 amide bonds. The lowest BCUT2D eigenvalue weighted by molar-refractivity contribution is -0.137. The second kappa shape index (κ2) is 7.67. The lowest BCUT2D eigenvalue weighted by Gasteiger charge is -2.10. The molecule has 146 valence electrons. The van der Waals surface area contributed by atoms with E-state index in [4.69, 9.17) is 4.84 Å². The molecule has 0 atom stereocenters. The van der Waals surface area contributed by atoms with Crippen LogP contribution in [0.2, 0.25) is 0 Å². The maximum Gasteiger partial charge on any atom is 0.416 e. The van der Waals surface area contributed by atoms with Crippen molar-refractivity contribution >= 4 is 6.21 Å². The minimum atomic E-state index is -4.43. The number of oxime groups is 1. The van der Waals surface area contributed by atoms with Crippen molar-refractivity contribution in [3.8, 4) is 5.69 Å². The topological polar surface area (TPSA) is 74.3 Å². The van der Waals surface area contributed by atoms with Crippen molar-refractivity contribution in [1.29, 1.82) is 0 Å². The number of nitrogens with zero attached hydrogens (tertiary/aromatic N) is 5. The smallest absolute Gasteiger partial charge is 0.391 e. The Balaban J connectivity index is 1.78. The molecule has 0 unspecified atom stereocenters. The summed E-state index contributed by atoms with van der Waals surface area (Å²) < 4.78 is 40.5. The molecule has 0 saturated heterocycles. The van der Waals surface area contributed by atoms with Crippen LogP contribution in [-0.2, 0) is 24.7 Å². The fourth-order valence-electron chi connectivity index (χ4n) is 2.53. The van der Waals surface area contributed by atoms with E-state index in [-0.39, 0.29) is 12.2 Å². The summed E-state index contributed by atoms with van der Waals surface area (Å²) in [5, 5.41) is 11.2. The van der Waals surface area contributed by atoms with Crippen molar-refractivity contribution in [2.75, 3.05) is 0 Å². The largest absolute Gasteiger partial charge is 0.416 e. The highest BCUT2D eigenvalue weighted by atomic mass is 19.4. The van der Waals surface area contributed by atoms with E-state index in [9.17, 15) is 18.0 Å². The van der Waals surface area contributed by atoms with Crippen LogP contribution in [0, 0.1) is 6.92 Å². The van der Waals surface area contributed by atoms with Crippen LogP contribution in [0.4, 0.5) is 13.2 Å². The van der Waals surface area contributed by atoms with Crippen molar-refractivity contribution in [3.63, 3.8) is 0 Å². The van der Waals surface area contributed by atoms with E-state index >= 15 is 0 Å². The molecule has 2 aromatic carbocycles. The van der Waals surface area contributed by atoms with Crippen LogP contribution >= 0.6 is 0 Å². The number of halogens is 3. The maximum atomic E-state index is 12.7. The lowest BCUT2D eigenvalue weighted by atomic mass is 10.1. The van der Waals surface area contributed by atoms with E-state index in [1.54, 1.807) is 12.1 Å². The van der Waals surface area contributed by atoms with E-state index in [1.807, 2.05) is 13.0 Å². The Bertz CT molecular complexity index is 1070. The second-order valence-corrected chi connectivity index (χ2v) is 6.00. The molecule has 0 aliphatic rings. The minimum absolute atomic E-state index is 0.000479. The second-order valence-electron chi connectivity index (χ2n) is 6.00. The van der Waals surface area contributed by atoms with Gasteiger partial charge in [0.15, 0.2) is 0 Å². The van der Waals surface area contributed by atoms with Gasteiger partial charge in [-0.15, -0.1) is 0 Å². The Morgan fingerprint density at radius 2 is 1.93 bits per heavy atom. The summed E-state index contributed by atoms with van der Waals surface area (Å²) in [6.45, 7) is 1.83. The van der Waals surface area contributed by atoms with Gasteiger partial charge in [-0.2, -0.15) is 22.5 Å². The van der Waals surface area contributed by atoms with Crippen LogP contribution in [0.5, 0.6) is 0 Å². The van der Waals surface area contributed by atoms with Crippen LogP contribution < -0.4 is 5.69 Å². The quantitative estimate of drug-likeness (QED) is 0.495. The minimum Gasteiger partial charge on any atom is -0.391 e. The summed E-state index contributed by atoms with van der Waals surface area (Å²) >= 11 is 0. The molecule has 3 rings (SSSR count). The number of benzene rings is 2. The van der Waals surface area contributed by atoms with E-state index in [0.717, 1.165) is 27.1 Å². The molecule has 0 fully saturated rings. The van der Waals surface area contributed by atoms with Gasteiger partial charge in [0.25, 0.3) is 0 Å². The number of alkyl halides is 3. The lowest BCUT2D eigenvalue weighted by Crippen LogP contribution is -2.23. The fourth-order valence-corrected chi connectivity index (χ4v) is 2.53. The summed E-state index contributed by atoms with van der Waals surface area (Å²) in [5.41, 5.74) is 1.06. The first-order chi connectivity index (χ1) is 13.3. The molecule has 1 heterocycles. The molecule has 1 aromatic heterocycles. The molecule has 0 N–H and O–H groups in total. The van der Waals surface area contributed by atoms with Gasteiger partial charge in [-0.1, -0.05) is 29.4 Å². The zero-order chi connectivity index (χ0) is 20.3. The summed E-state index contributed by atoms with van der Waals surface area (Å²) in [4.78, 5) is 17.4. The van der Waals surface area contributed by atoms with Crippen LogP contribution in [-0.4, -0.2) is 26.0 Å². The number of aryl methyl sites for hydroxylation is 2. The molecular formula is C18H16F3N5O2. The standard InChI is InChI=1S/C18H16F3N5O2/c1-12-5-3-8-16(26-17(27)25(2)23-24-26)15(12)11-28-22-10-13-6-4-7-14(9-13)18(19,20)21/h3-10H,11H2,1-2H3. The van der Waals surface area contributed by atoms with Gasteiger partial charge in [0.05, 0.1) is 17.5 Å². The van der Waals surface area contributed by atoms with Gasteiger partial charge in [0.2, 0.25) is 0 Å². The van der Waals surface area contributed by atoms with Gasteiger partial charge < -0.3 is 4.84 Å². The van der Waals surface area contributed by atoms with Gasteiger partial charge in [0.1, 0.15) is 6.61 Å². The van der Waals surface area contributed by atoms with Crippen molar-refractivity contribution in [1.82, 2.24) is 19.8 Å². The van der Waals surface area contributed by atoms with Crippen LogP contribution in [0.3, 0.4) is 0 Å². The number of rotatable bonds is 5. The predicted molar refractivity (Wildman–Crippen MR) is 95.2 cm³/mol. The van der Waals surface area contributed by atoms with Gasteiger partial charge in [-0.05, 0) is 46.7 Å². The Morgan fingerprint density at radius 1 is 1.18 bits per heavy atom. The SMILES string of the molecule is Cc1cccc(-n2nnn(C)c2=O)c1CON=Cc1cccc(C(F)(F)F)c1. The molecule has 10 heteroatoms. The van der Waals surface area contributed by atoms with Crippen molar-refractivity contribution < 1.29 is 18.0 Å². The van der Waals surface area contributed by atoms with E-state index in [2.05, 4.69) is 15.6 Å². The molecule has 0 spiro atoms. The van der Waals surface area contributed by atoms with Gasteiger partial charge in [-0.25, -0.2) is 4.79 Å². The molecule has 0 radical (unpaired) electrons. The summed E-state index contributed by atoms with van der Waals surface area (Å²) in [6.07, 6.45) is -3.23. The Hall–Kier alpha value is -3.43. The molecule has 3 aromatic rings. The van der Waals surface area contributed by atoms with Crippen LogP contribution in [0.25, 0.3) is 5.69 Å². The zero-order valence-corrected chi connectivity index (χ0v) is 15.0. The van der Waals surface area contributed by atoms with E-state index in [1.165, 1.54) is 25.4 Å². The molecule has 28 heavy (non-hydrogen) atoms. The van der Waals surface area contributed by atoms with Crippen LogP contribution in [0.15, 0.2) is 52.4 Å². The maximum absolute atomic E-state index is 12.7. The van der Waals surface area contributed by atoms with Crippen molar-refractivity contribution in [2.24, 2.45) is 12.2 Å². The third-order valence-electron chi connectivity index (χ3n) is 4.03. The van der Waals surface area contributed by atoms with Gasteiger partial charge in [-0.3, -0.25) is 0 Å². The van der Waals surface area contributed by atoms with Crippen molar-refractivity contribution in [3.05, 3.63) is 75.2 Å². The van der Waals surface area contributed by atoms with Gasteiger partial charge in [0, 0.05) is 12.6 Å². The highest BCUT2D eigenvalue weighted by molar-refractivity contribution is 5.79. The average molecular weight is 391 g/mol. The average Bonchev–Trinajstić information content (AvgIpc) is 2.98. The number of tetrazole rings is 1. The first-order valence-electron chi connectivity index (χ1n) is 8.18. The third-order valence-corrected chi connectivity index (χ3v) is 4.03. The van der Waals surface area contributed by atoms with Gasteiger partial charge >= 0.3 is 11.9 Å². The van der Waals surface area contributed by atoms with Crippen LogP contribution in [0.1, 0.15) is 22.3 Å². The Labute approximate surface area is 157 Å². The first-order valence-corrected chi connectivity index (χ1v) is 8.18. The molecule has 0 aliphatic carbocycles. The molecule has 0 saturated carbocycles. The molecule has 0 aliphatic heterocycles. The zero-order valence-electron chi connectivity index (χ0n) is 15.0. The van der Waals surface area contributed by atoms with Crippen molar-refractivity contribution in [2.45, 2.75) is 19.7 Å². The number of hydrogen-bond acceptors (Lipinski definition) is 5. The Morgan fingerprint density at radius 3 is 2.61 bits per heavy atom. The summed E-state index contributed by atoms with van der Waals surface area (Å²) in [6, 6.07) is 10.0. The monoisotopic (exact) mass is 391 g/mol. The fraction of sp³-hybridized carbons (Fsp3) is 0.222. The first kappa shape index (κ1) is 19.3. The summed E-state index contributed by atoms with van der Waals surface area (Å²) in [7, 11) is 1.48.